The number of amides is 1. The second-order valence-electron chi connectivity index (χ2n) is 9.37. The number of carbonyl (C=O) groups is 1. The average molecular weight is 500 g/mol. The maximum Gasteiger partial charge on any atom is 0.254 e. The van der Waals surface area contributed by atoms with Gasteiger partial charge in [-0.25, -0.2) is 9.07 Å². The minimum absolute atomic E-state index is 0.0736. The molecule has 0 bridgehead atoms. The lowest BCUT2D eigenvalue weighted by Gasteiger charge is -2.26. The summed E-state index contributed by atoms with van der Waals surface area (Å²) in [4.78, 5) is 15.4. The Morgan fingerprint density at radius 2 is 1.92 bits per heavy atom. The molecule has 1 aromatic heterocycles. The van der Waals surface area contributed by atoms with Crippen molar-refractivity contribution in [1.82, 2.24) is 14.7 Å². The van der Waals surface area contributed by atoms with E-state index in [4.69, 9.17) is 14.6 Å². The molecule has 0 spiro atoms. The molecular weight excluding hydrogens is 469 g/mol. The van der Waals surface area contributed by atoms with E-state index in [2.05, 4.69) is 0 Å². The Morgan fingerprint density at radius 1 is 1.11 bits per heavy atom. The van der Waals surface area contributed by atoms with E-state index in [-0.39, 0.29) is 18.6 Å². The van der Waals surface area contributed by atoms with Crippen molar-refractivity contribution in [1.29, 1.82) is 0 Å². The van der Waals surface area contributed by atoms with Gasteiger partial charge < -0.3 is 14.4 Å². The summed E-state index contributed by atoms with van der Waals surface area (Å²) in [6.07, 6.45) is 1.75. The molecule has 5 rings (SSSR count). The van der Waals surface area contributed by atoms with Crippen LogP contribution in [0.3, 0.4) is 0 Å². The summed E-state index contributed by atoms with van der Waals surface area (Å²) in [5, 5.41) is 4.79. The quantitative estimate of drug-likeness (QED) is 0.292. The van der Waals surface area contributed by atoms with Gasteiger partial charge in [-0.05, 0) is 55.7 Å². The minimum Gasteiger partial charge on any atom is -0.439 e. The zero-order valence-corrected chi connectivity index (χ0v) is 21.1. The Balaban J connectivity index is 1.57. The summed E-state index contributed by atoms with van der Waals surface area (Å²) < 4.78 is 28.0. The fraction of sp³-hybridized carbons (Fsp3) is 0.267. The zero-order valence-electron chi connectivity index (χ0n) is 21.1. The molecule has 0 saturated carbocycles. The third-order valence-electron chi connectivity index (χ3n) is 6.49. The van der Waals surface area contributed by atoms with Crippen molar-refractivity contribution < 1.29 is 18.7 Å². The van der Waals surface area contributed by atoms with E-state index in [1.165, 1.54) is 12.1 Å². The molecule has 0 aliphatic carbocycles. The largest absolute Gasteiger partial charge is 0.439 e. The molecule has 3 aromatic carbocycles. The second-order valence-corrected chi connectivity index (χ2v) is 9.37. The fourth-order valence-electron chi connectivity index (χ4n) is 4.69. The highest BCUT2D eigenvalue weighted by Crippen LogP contribution is 2.35. The van der Waals surface area contributed by atoms with Crippen molar-refractivity contribution in [2.75, 3.05) is 13.2 Å². The number of rotatable bonds is 8. The molecule has 4 aromatic rings. The molecule has 1 amide bonds. The molecule has 0 N–H and O–H groups in total. The van der Waals surface area contributed by atoms with Crippen molar-refractivity contribution in [2.45, 2.75) is 32.4 Å². The predicted molar refractivity (Wildman–Crippen MR) is 140 cm³/mol. The van der Waals surface area contributed by atoms with E-state index in [1.54, 1.807) is 21.7 Å². The number of ether oxygens (including phenoxy) is 2. The summed E-state index contributed by atoms with van der Waals surface area (Å²) in [6.45, 7) is 3.31. The standard InChI is InChI=1S/C30H30FN3O3/c1-21-9-6-14-25(17-21)37-30-27(28(32-33(30)2)22-10-4-3-5-11-22)20-34(19-26-15-8-16-36-26)29(35)23-12-7-13-24(31)18-23/h3-7,9-14,17-18,26H,8,15-16,19-20H2,1-2H3/t26-/m0/s1. The maximum atomic E-state index is 14.0. The molecule has 37 heavy (non-hydrogen) atoms. The van der Waals surface area contributed by atoms with Crippen LogP contribution in [0.25, 0.3) is 11.3 Å². The Kier molecular flexibility index (Phi) is 7.32. The molecule has 190 valence electrons. The van der Waals surface area contributed by atoms with Crippen LogP contribution in [0, 0.1) is 12.7 Å². The predicted octanol–water partition coefficient (Wildman–Crippen LogP) is 6.15. The van der Waals surface area contributed by atoms with Gasteiger partial charge in [-0.2, -0.15) is 5.10 Å². The minimum atomic E-state index is -0.447. The number of aromatic nitrogens is 2. The topological polar surface area (TPSA) is 56.6 Å². The van der Waals surface area contributed by atoms with Crippen molar-refractivity contribution in [3.63, 3.8) is 0 Å². The van der Waals surface area contributed by atoms with Gasteiger partial charge in [0.15, 0.2) is 0 Å². The van der Waals surface area contributed by atoms with E-state index in [1.807, 2.05) is 68.6 Å². The van der Waals surface area contributed by atoms with Gasteiger partial charge in [0, 0.05) is 31.3 Å². The van der Waals surface area contributed by atoms with Crippen LogP contribution in [0.4, 0.5) is 4.39 Å². The molecule has 6 nitrogen and oxygen atoms in total. The molecular formula is C30H30FN3O3. The summed E-state index contributed by atoms with van der Waals surface area (Å²) >= 11 is 0. The first-order valence-electron chi connectivity index (χ1n) is 12.5. The fourth-order valence-corrected chi connectivity index (χ4v) is 4.69. The van der Waals surface area contributed by atoms with Crippen LogP contribution in [-0.2, 0) is 18.3 Å². The van der Waals surface area contributed by atoms with Crippen molar-refractivity contribution in [3.05, 3.63) is 101 Å². The first-order chi connectivity index (χ1) is 18.0. The molecule has 0 radical (unpaired) electrons. The highest BCUT2D eigenvalue weighted by atomic mass is 19.1. The molecule has 1 fully saturated rings. The van der Waals surface area contributed by atoms with Gasteiger partial charge in [0.25, 0.3) is 5.91 Å². The summed E-state index contributed by atoms with van der Waals surface area (Å²) in [7, 11) is 1.83. The molecule has 1 atom stereocenters. The maximum absolute atomic E-state index is 14.0. The van der Waals surface area contributed by atoms with Gasteiger partial charge in [-0.3, -0.25) is 4.79 Å². The Bertz CT molecular complexity index is 1380. The normalized spacial score (nSPS) is 15.1. The van der Waals surface area contributed by atoms with Crippen LogP contribution in [0.2, 0.25) is 0 Å². The summed E-state index contributed by atoms with van der Waals surface area (Å²) in [6, 6.07) is 23.4. The van der Waals surface area contributed by atoms with Gasteiger partial charge in [-0.1, -0.05) is 48.5 Å². The van der Waals surface area contributed by atoms with Crippen LogP contribution in [0.1, 0.15) is 34.3 Å². The number of hydrogen-bond acceptors (Lipinski definition) is 4. The van der Waals surface area contributed by atoms with Gasteiger partial charge in [0.2, 0.25) is 5.88 Å². The van der Waals surface area contributed by atoms with Crippen LogP contribution in [0.5, 0.6) is 11.6 Å². The van der Waals surface area contributed by atoms with Crippen molar-refractivity contribution >= 4 is 5.91 Å². The first-order valence-corrected chi connectivity index (χ1v) is 12.5. The van der Waals surface area contributed by atoms with Crippen molar-refractivity contribution in [3.8, 4) is 22.9 Å². The van der Waals surface area contributed by atoms with E-state index in [9.17, 15) is 9.18 Å². The third kappa shape index (κ3) is 5.73. The first kappa shape index (κ1) is 24.7. The number of benzene rings is 3. The number of halogens is 1. The monoisotopic (exact) mass is 499 g/mol. The third-order valence-corrected chi connectivity index (χ3v) is 6.49. The van der Waals surface area contributed by atoms with Crippen LogP contribution in [-0.4, -0.2) is 39.8 Å². The summed E-state index contributed by atoms with van der Waals surface area (Å²) in [5.74, 6) is 0.525. The molecule has 1 saturated heterocycles. The lowest BCUT2D eigenvalue weighted by Crippen LogP contribution is -2.37. The Morgan fingerprint density at radius 3 is 2.65 bits per heavy atom. The SMILES string of the molecule is Cc1cccc(Oc2c(CN(C[C@@H]3CCCO3)C(=O)c3cccc(F)c3)c(-c3ccccc3)nn2C)c1. The van der Waals surface area contributed by atoms with E-state index >= 15 is 0 Å². The Hall–Kier alpha value is -3.97. The van der Waals surface area contributed by atoms with Gasteiger partial charge in [0.05, 0.1) is 18.2 Å². The molecule has 0 unspecified atom stereocenters. The number of aryl methyl sites for hydroxylation is 2. The average Bonchev–Trinajstić information content (AvgIpc) is 3.52. The van der Waals surface area contributed by atoms with E-state index < -0.39 is 5.82 Å². The second kappa shape index (κ2) is 11.0. The molecule has 7 heteroatoms. The van der Waals surface area contributed by atoms with E-state index in [0.29, 0.717) is 30.3 Å². The highest BCUT2D eigenvalue weighted by molar-refractivity contribution is 5.94. The van der Waals surface area contributed by atoms with Crippen LogP contribution in [0.15, 0.2) is 78.9 Å². The lowest BCUT2D eigenvalue weighted by molar-refractivity contribution is 0.0506. The molecule has 1 aliphatic rings. The lowest BCUT2D eigenvalue weighted by atomic mass is 10.1. The number of nitrogens with zero attached hydrogens (tertiary/aromatic N) is 3. The number of carbonyl (C=O) groups excluding carboxylic acids is 1. The zero-order chi connectivity index (χ0) is 25.8. The number of hydrogen-bond donors (Lipinski definition) is 0. The smallest absolute Gasteiger partial charge is 0.254 e. The van der Waals surface area contributed by atoms with Crippen molar-refractivity contribution in [2.24, 2.45) is 7.05 Å². The van der Waals surface area contributed by atoms with Gasteiger partial charge in [0.1, 0.15) is 17.3 Å². The summed E-state index contributed by atoms with van der Waals surface area (Å²) in [5.41, 5.74) is 3.80. The molecule has 2 heterocycles. The Labute approximate surface area is 216 Å². The van der Waals surface area contributed by atoms with E-state index in [0.717, 1.165) is 35.2 Å². The highest BCUT2D eigenvalue weighted by Gasteiger charge is 2.28. The van der Waals surface area contributed by atoms with Gasteiger partial charge in [-0.15, -0.1) is 0 Å². The molecule has 1 aliphatic heterocycles. The van der Waals surface area contributed by atoms with Crippen LogP contribution >= 0.6 is 0 Å². The van der Waals surface area contributed by atoms with Gasteiger partial charge >= 0.3 is 0 Å². The van der Waals surface area contributed by atoms with Crippen LogP contribution < -0.4 is 4.74 Å².